The van der Waals surface area contributed by atoms with E-state index in [4.69, 9.17) is 5.11 Å². The number of rotatable bonds is 6. The van der Waals surface area contributed by atoms with Gasteiger partial charge in [0, 0.05) is 13.1 Å². The predicted molar refractivity (Wildman–Crippen MR) is 91.5 cm³/mol. The molecule has 0 fully saturated rings. The Kier molecular flexibility index (Phi) is 4.55. The highest BCUT2D eigenvalue weighted by atomic mass is 16.4. The first kappa shape index (κ1) is 15.5. The monoisotopic (exact) mass is 309 g/mol. The van der Waals surface area contributed by atoms with Crippen LogP contribution in [-0.2, 0) is 4.79 Å². The van der Waals surface area contributed by atoms with Gasteiger partial charge in [0.25, 0.3) is 0 Å². The Bertz CT molecular complexity index is 844. The van der Waals surface area contributed by atoms with Gasteiger partial charge < -0.3 is 15.5 Å². The third-order valence-corrected chi connectivity index (χ3v) is 4.01. The molecule has 1 atom stereocenters. The minimum atomic E-state index is -0.844. The topological polar surface area (TPSA) is 69.6 Å². The Balaban J connectivity index is 1.93. The third kappa shape index (κ3) is 3.33. The highest BCUT2D eigenvalue weighted by Gasteiger charge is 2.13. The fourth-order valence-electron chi connectivity index (χ4n) is 2.90. The van der Waals surface area contributed by atoms with E-state index in [1.54, 1.807) is 0 Å². The summed E-state index contributed by atoms with van der Waals surface area (Å²) in [7, 11) is 0. The zero-order valence-electron chi connectivity index (χ0n) is 12.7. The van der Waals surface area contributed by atoms with Crippen molar-refractivity contribution in [3.8, 4) is 0 Å². The quantitative estimate of drug-likeness (QED) is 0.483. The summed E-state index contributed by atoms with van der Waals surface area (Å²) in [6, 6.07) is 18.2. The Morgan fingerprint density at radius 1 is 1.00 bits per heavy atom. The van der Waals surface area contributed by atoms with Crippen molar-refractivity contribution in [2.24, 2.45) is 0 Å². The maximum atomic E-state index is 10.5. The van der Waals surface area contributed by atoms with Crippen molar-refractivity contribution in [2.75, 3.05) is 13.1 Å². The molecule has 4 nitrogen and oxygen atoms in total. The molecule has 0 aliphatic carbocycles. The highest BCUT2D eigenvalue weighted by molar-refractivity contribution is 6.09. The molecule has 0 radical (unpaired) electrons. The summed E-state index contributed by atoms with van der Waals surface area (Å²) in [4.78, 5) is 10.5. The molecule has 0 saturated heterocycles. The molecule has 0 amide bonds. The first-order chi connectivity index (χ1) is 11.2. The molecule has 1 unspecified atom stereocenters. The highest BCUT2D eigenvalue weighted by Crippen LogP contribution is 2.31. The van der Waals surface area contributed by atoms with Crippen LogP contribution in [0.15, 0.2) is 54.6 Å². The van der Waals surface area contributed by atoms with Crippen molar-refractivity contribution in [2.45, 2.75) is 12.5 Å². The maximum absolute atomic E-state index is 10.5. The van der Waals surface area contributed by atoms with E-state index in [0.29, 0.717) is 13.1 Å². The van der Waals surface area contributed by atoms with Gasteiger partial charge in [0.1, 0.15) is 0 Å². The van der Waals surface area contributed by atoms with E-state index in [1.807, 2.05) is 42.5 Å². The Morgan fingerprint density at radius 3 is 2.39 bits per heavy atom. The number of aliphatic hydroxyl groups is 1. The second kappa shape index (κ2) is 6.77. The van der Waals surface area contributed by atoms with Crippen molar-refractivity contribution in [3.05, 3.63) is 60.2 Å². The number of carbonyl (C=O) groups is 1. The van der Waals surface area contributed by atoms with Gasteiger partial charge in [-0.05, 0) is 33.2 Å². The van der Waals surface area contributed by atoms with Crippen LogP contribution < -0.4 is 5.32 Å². The summed E-state index contributed by atoms with van der Waals surface area (Å²) in [6.07, 6.45) is -0.635. The van der Waals surface area contributed by atoms with Crippen LogP contribution in [0.5, 0.6) is 0 Å². The standard InChI is InChI=1S/C19H19NO3/c21-18(12-20-10-9-19(22)23)17-11-13-5-1-2-6-14(13)15-7-3-4-8-16(15)17/h1-8,11,18,20-21H,9-10,12H2,(H,22,23). The van der Waals surface area contributed by atoms with Gasteiger partial charge in [-0.3, -0.25) is 4.79 Å². The predicted octanol–water partition coefficient (Wildman–Crippen LogP) is 3.09. The first-order valence-corrected chi connectivity index (χ1v) is 7.68. The molecular weight excluding hydrogens is 290 g/mol. The molecule has 0 aliphatic rings. The van der Waals surface area contributed by atoms with Crippen LogP contribution in [-0.4, -0.2) is 29.3 Å². The number of benzene rings is 3. The van der Waals surface area contributed by atoms with Gasteiger partial charge >= 0.3 is 5.97 Å². The summed E-state index contributed by atoms with van der Waals surface area (Å²) in [5, 5.41) is 26.6. The van der Waals surface area contributed by atoms with E-state index >= 15 is 0 Å². The second-order valence-corrected chi connectivity index (χ2v) is 5.60. The zero-order chi connectivity index (χ0) is 16.2. The normalized spacial score (nSPS) is 12.6. The number of hydrogen-bond acceptors (Lipinski definition) is 3. The van der Waals surface area contributed by atoms with E-state index in [9.17, 15) is 9.90 Å². The van der Waals surface area contributed by atoms with Gasteiger partial charge in [-0.2, -0.15) is 0 Å². The van der Waals surface area contributed by atoms with Crippen LogP contribution in [0.4, 0.5) is 0 Å². The molecule has 0 bridgehead atoms. The van der Waals surface area contributed by atoms with Crippen LogP contribution in [0.3, 0.4) is 0 Å². The minimum absolute atomic E-state index is 0.0468. The summed E-state index contributed by atoms with van der Waals surface area (Å²) >= 11 is 0. The average molecular weight is 309 g/mol. The lowest BCUT2D eigenvalue weighted by molar-refractivity contribution is -0.136. The molecule has 4 heteroatoms. The molecule has 3 N–H and O–H groups in total. The molecule has 0 heterocycles. The molecule has 118 valence electrons. The second-order valence-electron chi connectivity index (χ2n) is 5.60. The van der Waals surface area contributed by atoms with Crippen molar-refractivity contribution in [1.82, 2.24) is 5.32 Å². The smallest absolute Gasteiger partial charge is 0.304 e. The van der Waals surface area contributed by atoms with Gasteiger partial charge in [-0.1, -0.05) is 48.5 Å². The molecule has 3 aromatic carbocycles. The fourth-order valence-corrected chi connectivity index (χ4v) is 2.90. The lowest BCUT2D eigenvalue weighted by Crippen LogP contribution is -2.24. The Hall–Kier alpha value is -2.43. The minimum Gasteiger partial charge on any atom is -0.481 e. The third-order valence-electron chi connectivity index (χ3n) is 4.01. The number of carboxylic acid groups (broad SMARTS) is 1. The van der Waals surface area contributed by atoms with Gasteiger partial charge in [0.2, 0.25) is 0 Å². The van der Waals surface area contributed by atoms with Crippen molar-refractivity contribution in [3.63, 3.8) is 0 Å². The van der Waals surface area contributed by atoms with Crippen molar-refractivity contribution >= 4 is 27.5 Å². The lowest BCUT2D eigenvalue weighted by Gasteiger charge is -2.16. The summed E-state index contributed by atoms with van der Waals surface area (Å²) < 4.78 is 0. The average Bonchev–Trinajstić information content (AvgIpc) is 2.57. The molecule has 0 saturated carbocycles. The summed E-state index contributed by atoms with van der Waals surface area (Å²) in [6.45, 7) is 0.674. The van der Waals surface area contributed by atoms with Crippen molar-refractivity contribution < 1.29 is 15.0 Å². The van der Waals surface area contributed by atoms with E-state index in [0.717, 1.165) is 27.1 Å². The molecule has 23 heavy (non-hydrogen) atoms. The molecule has 0 aliphatic heterocycles. The van der Waals surface area contributed by atoms with Gasteiger partial charge in [-0.15, -0.1) is 0 Å². The molecule has 0 spiro atoms. The molecule has 0 aromatic heterocycles. The van der Waals surface area contributed by atoms with E-state index in [2.05, 4.69) is 17.4 Å². The van der Waals surface area contributed by atoms with E-state index in [-0.39, 0.29) is 6.42 Å². The largest absolute Gasteiger partial charge is 0.481 e. The number of carboxylic acids is 1. The van der Waals surface area contributed by atoms with Gasteiger partial charge in [0.05, 0.1) is 12.5 Å². The molecular formula is C19H19NO3. The first-order valence-electron chi connectivity index (χ1n) is 7.68. The Morgan fingerprint density at radius 2 is 1.65 bits per heavy atom. The molecule has 3 aromatic rings. The lowest BCUT2D eigenvalue weighted by atomic mass is 9.94. The number of fused-ring (bicyclic) bond motifs is 3. The van der Waals surface area contributed by atoms with Crippen LogP contribution >= 0.6 is 0 Å². The van der Waals surface area contributed by atoms with Gasteiger partial charge in [0.15, 0.2) is 0 Å². The fraction of sp³-hybridized carbons (Fsp3) is 0.211. The van der Waals surface area contributed by atoms with Crippen LogP contribution in [0, 0.1) is 0 Å². The summed E-state index contributed by atoms with van der Waals surface area (Å²) in [5.41, 5.74) is 0.863. The van der Waals surface area contributed by atoms with Crippen LogP contribution in [0.2, 0.25) is 0 Å². The van der Waals surface area contributed by atoms with Crippen LogP contribution in [0.25, 0.3) is 21.5 Å². The molecule has 3 rings (SSSR count). The Labute approximate surface area is 134 Å². The maximum Gasteiger partial charge on any atom is 0.304 e. The van der Waals surface area contributed by atoms with Gasteiger partial charge in [-0.25, -0.2) is 0 Å². The SMILES string of the molecule is O=C(O)CCNCC(O)c1cc2ccccc2c2ccccc12. The summed E-state index contributed by atoms with van der Waals surface area (Å²) in [5.74, 6) is -0.844. The van der Waals surface area contributed by atoms with E-state index in [1.165, 1.54) is 0 Å². The number of hydrogen-bond donors (Lipinski definition) is 3. The number of aliphatic carboxylic acids is 1. The zero-order valence-corrected chi connectivity index (χ0v) is 12.7. The van der Waals surface area contributed by atoms with Crippen molar-refractivity contribution in [1.29, 1.82) is 0 Å². The van der Waals surface area contributed by atoms with E-state index < -0.39 is 12.1 Å². The number of aliphatic hydroxyl groups excluding tert-OH is 1. The van der Waals surface area contributed by atoms with Crippen LogP contribution in [0.1, 0.15) is 18.1 Å². The number of nitrogens with one attached hydrogen (secondary N) is 1.